The Morgan fingerprint density at radius 2 is 1.46 bits per heavy atom. The predicted octanol–water partition coefficient (Wildman–Crippen LogP) is 5.74. The quantitative estimate of drug-likeness (QED) is 0.395. The van der Waals surface area contributed by atoms with E-state index in [0.717, 1.165) is 28.8 Å². The van der Waals surface area contributed by atoms with Crippen molar-refractivity contribution in [2.75, 3.05) is 32.3 Å². The SMILES string of the molecule is CCOc1cc2c(cc1OCC)C(c1ccc(OC)c(OC)c1)N(c1ccc(CC)cc1)C(=O)C2. The molecule has 0 saturated heterocycles. The molecule has 184 valence electrons. The largest absolute Gasteiger partial charge is 0.493 e. The van der Waals surface area contributed by atoms with E-state index in [0.29, 0.717) is 36.2 Å². The van der Waals surface area contributed by atoms with Crippen molar-refractivity contribution < 1.29 is 23.7 Å². The third kappa shape index (κ3) is 4.78. The number of amides is 1. The number of benzene rings is 3. The minimum absolute atomic E-state index is 0.0214. The molecule has 0 radical (unpaired) electrons. The van der Waals surface area contributed by atoms with Crippen LogP contribution in [-0.2, 0) is 17.6 Å². The number of hydrogen-bond acceptors (Lipinski definition) is 5. The molecule has 0 saturated carbocycles. The molecule has 1 atom stereocenters. The summed E-state index contributed by atoms with van der Waals surface area (Å²) in [4.78, 5) is 15.5. The summed E-state index contributed by atoms with van der Waals surface area (Å²) in [6.45, 7) is 7.04. The maximum atomic E-state index is 13.7. The van der Waals surface area contributed by atoms with Gasteiger partial charge in [0.1, 0.15) is 0 Å². The molecule has 1 aliphatic rings. The van der Waals surface area contributed by atoms with Crippen LogP contribution in [0, 0.1) is 0 Å². The molecule has 0 aliphatic carbocycles. The number of ether oxygens (including phenoxy) is 4. The highest BCUT2D eigenvalue weighted by Crippen LogP contribution is 2.45. The summed E-state index contributed by atoms with van der Waals surface area (Å²) >= 11 is 0. The fraction of sp³-hybridized carbons (Fsp3) is 0.345. The van der Waals surface area contributed by atoms with Gasteiger partial charge in [-0.25, -0.2) is 0 Å². The second-order valence-corrected chi connectivity index (χ2v) is 8.34. The van der Waals surface area contributed by atoms with Crippen LogP contribution in [0.15, 0.2) is 54.6 Å². The molecule has 0 N–H and O–H groups in total. The summed E-state index contributed by atoms with van der Waals surface area (Å²) in [6.07, 6.45) is 1.22. The highest BCUT2D eigenvalue weighted by Gasteiger charge is 2.36. The minimum Gasteiger partial charge on any atom is -0.493 e. The predicted molar refractivity (Wildman–Crippen MR) is 137 cm³/mol. The van der Waals surface area contributed by atoms with Crippen LogP contribution in [0.1, 0.15) is 49.1 Å². The van der Waals surface area contributed by atoms with Crippen LogP contribution in [-0.4, -0.2) is 33.3 Å². The van der Waals surface area contributed by atoms with Gasteiger partial charge in [-0.1, -0.05) is 25.1 Å². The van der Waals surface area contributed by atoms with E-state index in [1.54, 1.807) is 14.2 Å². The summed E-state index contributed by atoms with van der Waals surface area (Å²) in [5.41, 5.74) is 4.93. The van der Waals surface area contributed by atoms with Crippen LogP contribution in [0.5, 0.6) is 23.0 Å². The van der Waals surface area contributed by atoms with Gasteiger partial charge >= 0.3 is 0 Å². The van der Waals surface area contributed by atoms with E-state index in [2.05, 4.69) is 19.1 Å². The lowest BCUT2D eigenvalue weighted by Gasteiger charge is -2.38. The fourth-order valence-corrected chi connectivity index (χ4v) is 4.63. The molecular weight excluding hydrogens is 442 g/mol. The Kier molecular flexibility index (Phi) is 7.49. The van der Waals surface area contributed by atoms with Crippen molar-refractivity contribution in [2.45, 2.75) is 39.7 Å². The maximum absolute atomic E-state index is 13.7. The van der Waals surface area contributed by atoms with Crippen LogP contribution < -0.4 is 23.8 Å². The number of carbonyl (C=O) groups is 1. The van der Waals surface area contributed by atoms with Gasteiger partial charge in [-0.15, -0.1) is 0 Å². The molecule has 1 unspecified atom stereocenters. The van der Waals surface area contributed by atoms with Crippen LogP contribution in [0.2, 0.25) is 0 Å². The average Bonchev–Trinajstić information content (AvgIpc) is 2.88. The number of fused-ring (bicyclic) bond motifs is 1. The molecule has 1 heterocycles. The van der Waals surface area contributed by atoms with E-state index in [-0.39, 0.29) is 18.4 Å². The van der Waals surface area contributed by atoms with Gasteiger partial charge in [0.05, 0.1) is 39.9 Å². The normalized spacial score (nSPS) is 14.9. The maximum Gasteiger partial charge on any atom is 0.232 e. The van der Waals surface area contributed by atoms with Crippen molar-refractivity contribution >= 4 is 11.6 Å². The van der Waals surface area contributed by atoms with Crippen molar-refractivity contribution in [3.63, 3.8) is 0 Å². The smallest absolute Gasteiger partial charge is 0.232 e. The van der Waals surface area contributed by atoms with Crippen LogP contribution in [0.4, 0.5) is 5.69 Å². The first kappa shape index (κ1) is 24.5. The topological polar surface area (TPSA) is 57.2 Å². The Morgan fingerprint density at radius 3 is 2.06 bits per heavy atom. The van der Waals surface area contributed by atoms with Gasteiger partial charge in [0.15, 0.2) is 23.0 Å². The molecule has 35 heavy (non-hydrogen) atoms. The summed E-state index contributed by atoms with van der Waals surface area (Å²) in [5.74, 6) is 2.61. The Bertz CT molecular complexity index is 1190. The summed E-state index contributed by atoms with van der Waals surface area (Å²) in [7, 11) is 3.23. The van der Waals surface area contributed by atoms with E-state index in [1.807, 2.05) is 61.2 Å². The lowest BCUT2D eigenvalue weighted by atomic mass is 9.86. The lowest BCUT2D eigenvalue weighted by molar-refractivity contribution is -0.118. The first-order chi connectivity index (χ1) is 17.0. The summed E-state index contributed by atoms with van der Waals surface area (Å²) < 4.78 is 22.8. The Labute approximate surface area is 207 Å². The summed E-state index contributed by atoms with van der Waals surface area (Å²) in [6, 6.07) is 17.6. The number of aryl methyl sites for hydroxylation is 1. The van der Waals surface area contributed by atoms with Crippen LogP contribution in [0.25, 0.3) is 0 Å². The molecular formula is C29H33NO5. The number of carbonyl (C=O) groups excluding carboxylic acids is 1. The van der Waals surface area contributed by atoms with E-state index < -0.39 is 0 Å². The number of anilines is 1. The van der Waals surface area contributed by atoms with Crippen molar-refractivity contribution in [2.24, 2.45) is 0 Å². The first-order valence-electron chi connectivity index (χ1n) is 12.1. The summed E-state index contributed by atoms with van der Waals surface area (Å²) in [5, 5.41) is 0. The average molecular weight is 476 g/mol. The Morgan fingerprint density at radius 1 is 0.800 bits per heavy atom. The van der Waals surface area contributed by atoms with Gasteiger partial charge in [0.2, 0.25) is 5.91 Å². The number of methoxy groups -OCH3 is 2. The molecule has 0 aromatic heterocycles. The van der Waals surface area contributed by atoms with Crippen molar-refractivity contribution in [1.82, 2.24) is 0 Å². The third-order valence-corrected chi connectivity index (χ3v) is 6.31. The van der Waals surface area contributed by atoms with E-state index in [9.17, 15) is 4.79 Å². The zero-order valence-corrected chi connectivity index (χ0v) is 21.1. The number of nitrogens with zero attached hydrogens (tertiary/aromatic N) is 1. The monoisotopic (exact) mass is 475 g/mol. The highest BCUT2D eigenvalue weighted by atomic mass is 16.5. The van der Waals surface area contributed by atoms with E-state index in [1.165, 1.54) is 5.56 Å². The van der Waals surface area contributed by atoms with E-state index in [4.69, 9.17) is 18.9 Å². The second kappa shape index (κ2) is 10.7. The van der Waals surface area contributed by atoms with E-state index >= 15 is 0 Å². The van der Waals surface area contributed by atoms with Gasteiger partial charge in [-0.05, 0) is 78.9 Å². The molecule has 0 bridgehead atoms. The molecule has 4 rings (SSSR count). The molecule has 1 aliphatic heterocycles. The second-order valence-electron chi connectivity index (χ2n) is 8.34. The molecule has 6 heteroatoms. The third-order valence-electron chi connectivity index (χ3n) is 6.31. The van der Waals surface area contributed by atoms with Crippen molar-refractivity contribution in [3.05, 3.63) is 76.9 Å². The Balaban J connectivity index is 1.93. The molecule has 6 nitrogen and oxygen atoms in total. The molecule has 3 aromatic carbocycles. The van der Waals surface area contributed by atoms with Gasteiger partial charge < -0.3 is 23.8 Å². The van der Waals surface area contributed by atoms with Gasteiger partial charge in [-0.3, -0.25) is 4.79 Å². The van der Waals surface area contributed by atoms with Crippen molar-refractivity contribution in [3.8, 4) is 23.0 Å². The lowest BCUT2D eigenvalue weighted by Crippen LogP contribution is -2.41. The zero-order valence-electron chi connectivity index (χ0n) is 21.1. The first-order valence-corrected chi connectivity index (χ1v) is 12.1. The van der Waals surface area contributed by atoms with Gasteiger partial charge in [0, 0.05) is 5.69 Å². The molecule has 1 amide bonds. The highest BCUT2D eigenvalue weighted by molar-refractivity contribution is 5.98. The van der Waals surface area contributed by atoms with Crippen LogP contribution >= 0.6 is 0 Å². The van der Waals surface area contributed by atoms with Gasteiger partial charge in [-0.2, -0.15) is 0 Å². The fourth-order valence-electron chi connectivity index (χ4n) is 4.63. The molecule has 0 fully saturated rings. The number of rotatable bonds is 9. The zero-order chi connectivity index (χ0) is 24.9. The molecule has 0 spiro atoms. The Hall–Kier alpha value is -3.67. The number of hydrogen-bond donors (Lipinski definition) is 0. The molecule has 3 aromatic rings. The van der Waals surface area contributed by atoms with Crippen molar-refractivity contribution in [1.29, 1.82) is 0 Å². The van der Waals surface area contributed by atoms with Crippen LogP contribution in [0.3, 0.4) is 0 Å². The van der Waals surface area contributed by atoms with Gasteiger partial charge in [0.25, 0.3) is 0 Å². The minimum atomic E-state index is -0.367. The standard InChI is InChI=1S/C29H33NO5/c1-6-19-9-12-22(13-10-19)30-28(31)17-21-16-26(34-7-2)27(35-8-3)18-23(21)29(30)20-11-14-24(32-4)25(15-20)33-5/h9-16,18,29H,6-8,17H2,1-5H3.